The van der Waals surface area contributed by atoms with Gasteiger partial charge in [-0.2, -0.15) is 0 Å². The molecule has 76 heavy (non-hydrogen) atoms. The molecule has 2 amide bonds. The second kappa shape index (κ2) is 25.3. The summed E-state index contributed by atoms with van der Waals surface area (Å²) in [7, 11) is 0. The van der Waals surface area contributed by atoms with Crippen molar-refractivity contribution in [2.24, 2.45) is 11.8 Å². The maximum absolute atomic E-state index is 13.3. The number of carbonyl (C=O) groups excluding carboxylic acids is 4. The van der Waals surface area contributed by atoms with Crippen LogP contribution in [0.1, 0.15) is 76.3 Å². The van der Waals surface area contributed by atoms with E-state index in [1.807, 2.05) is 43.3 Å². The van der Waals surface area contributed by atoms with Crippen LogP contribution >= 0.6 is 22.7 Å². The molecule has 2 saturated heterocycles. The lowest BCUT2D eigenvalue weighted by Gasteiger charge is -2.36. The van der Waals surface area contributed by atoms with Gasteiger partial charge in [-0.15, -0.1) is 22.7 Å². The van der Waals surface area contributed by atoms with E-state index in [1.54, 1.807) is 29.6 Å². The van der Waals surface area contributed by atoms with Gasteiger partial charge in [0, 0.05) is 115 Å². The number of ether oxygens (including phenoxy) is 4. The van der Waals surface area contributed by atoms with E-state index in [0.29, 0.717) is 68.2 Å². The van der Waals surface area contributed by atoms with Gasteiger partial charge in [-0.1, -0.05) is 38.1 Å². The summed E-state index contributed by atoms with van der Waals surface area (Å²) in [5.41, 5.74) is 6.10. The van der Waals surface area contributed by atoms with Gasteiger partial charge < -0.3 is 28.7 Å². The number of amides is 2. The number of esters is 2. The zero-order valence-corrected chi connectivity index (χ0v) is 45.8. The van der Waals surface area contributed by atoms with Crippen LogP contribution in [0.5, 0.6) is 11.5 Å². The lowest BCUT2D eigenvalue weighted by atomic mass is 9.95. The molecule has 2 aromatic heterocycles. The molecule has 4 aromatic carbocycles. The minimum Gasteiger partial charge on any atom is -0.494 e. The molecule has 4 aliphatic heterocycles. The highest BCUT2D eigenvalue weighted by molar-refractivity contribution is 7.17. The number of hydrogen-bond donors (Lipinski definition) is 0. The summed E-state index contributed by atoms with van der Waals surface area (Å²) in [6.45, 7) is 14.7. The molecule has 0 radical (unpaired) electrons. The number of carbonyl (C=O) groups is 4. The first kappa shape index (κ1) is 53.2. The molecule has 2 unspecified atom stereocenters. The third kappa shape index (κ3) is 13.1. The first-order valence-electron chi connectivity index (χ1n) is 27.4. The molecule has 2 fully saturated rings. The molecule has 16 heteroatoms. The van der Waals surface area contributed by atoms with Crippen molar-refractivity contribution in [1.29, 1.82) is 0 Å². The van der Waals surface area contributed by atoms with Crippen molar-refractivity contribution in [2.45, 2.75) is 78.1 Å². The topological polar surface area (TPSA) is 125 Å². The van der Waals surface area contributed by atoms with Gasteiger partial charge in [-0.05, 0) is 134 Å². The zero-order chi connectivity index (χ0) is 52.4. The van der Waals surface area contributed by atoms with Crippen LogP contribution in [-0.2, 0) is 41.5 Å². The standard InChI is InChI=1S/C60H72N6O8S2/c1-43(38-59(69)73-41-65-53-39-47(17-13-45(53)15-19-57(65)67)71-33-5-3-23-61-25-29-63(30-26-61)51-9-7-11-55-49(51)21-35-75-55)37-44(2)60(70)74-42-66-54-40-48(18-14-46(54)16-20-58(66)68)72-34-6-4-24-62-27-31-64(32-28-62)52-10-8-12-56-50(52)22-36-76-56/h7-14,17-18,21-22,35-36,39-40,43-44H,3-6,15-16,19-20,23-34,37-38,41-42H2,1-2H3. The van der Waals surface area contributed by atoms with E-state index in [1.165, 1.54) is 41.3 Å². The average molecular weight is 1070 g/mol. The van der Waals surface area contributed by atoms with Gasteiger partial charge in [0.15, 0.2) is 13.5 Å². The van der Waals surface area contributed by atoms with Crippen LogP contribution in [0.3, 0.4) is 0 Å². The zero-order valence-electron chi connectivity index (χ0n) is 44.1. The average Bonchev–Trinajstić information content (AvgIpc) is 4.15. The lowest BCUT2D eigenvalue weighted by Crippen LogP contribution is -2.46. The van der Waals surface area contributed by atoms with Crippen LogP contribution < -0.4 is 29.1 Å². The van der Waals surface area contributed by atoms with Crippen LogP contribution in [0.2, 0.25) is 0 Å². The van der Waals surface area contributed by atoms with Crippen LogP contribution in [0.4, 0.5) is 22.7 Å². The Morgan fingerprint density at radius 2 is 1.04 bits per heavy atom. The fraction of sp³-hybridized carbons (Fsp3) is 0.467. The smallest absolute Gasteiger partial charge is 0.310 e. The SMILES string of the molecule is CC(CC(=O)OCN1C(=O)CCc2ccc(OCCCCN3CCN(c4cccc5sccc45)CC3)cc21)CC(C)C(=O)OCN1C(=O)CCc2ccc(OCCCCN3CCN(c4cccc5sccc45)CC3)cc21. The highest BCUT2D eigenvalue weighted by atomic mass is 32.1. The predicted molar refractivity (Wildman–Crippen MR) is 304 cm³/mol. The largest absolute Gasteiger partial charge is 0.494 e. The third-order valence-corrected chi connectivity index (χ3v) is 17.3. The molecular weight excluding hydrogens is 997 g/mol. The number of unbranched alkanes of at least 4 members (excludes halogenated alkanes) is 2. The number of anilines is 4. The van der Waals surface area contributed by atoms with E-state index in [2.05, 4.69) is 78.9 Å². The van der Waals surface area contributed by atoms with Gasteiger partial charge in [0.25, 0.3) is 0 Å². The Morgan fingerprint density at radius 1 is 0.553 bits per heavy atom. The van der Waals surface area contributed by atoms with E-state index in [0.717, 1.165) is 102 Å². The number of piperazine rings is 2. The molecule has 6 aromatic rings. The molecule has 10 rings (SSSR count). The predicted octanol–water partition coefficient (Wildman–Crippen LogP) is 10.4. The number of rotatable bonds is 23. The van der Waals surface area contributed by atoms with Gasteiger partial charge in [0.05, 0.1) is 30.5 Å². The summed E-state index contributed by atoms with van der Waals surface area (Å²) in [6.07, 6.45) is 6.24. The normalized spacial score (nSPS) is 17.2. The van der Waals surface area contributed by atoms with Crippen LogP contribution in [0.15, 0.2) is 95.7 Å². The molecule has 0 spiro atoms. The van der Waals surface area contributed by atoms with E-state index in [9.17, 15) is 19.2 Å². The Morgan fingerprint density at radius 3 is 1.54 bits per heavy atom. The van der Waals surface area contributed by atoms with Gasteiger partial charge in [-0.3, -0.25) is 38.8 Å². The number of fused-ring (bicyclic) bond motifs is 4. The molecule has 0 saturated carbocycles. The molecule has 0 bridgehead atoms. The quantitative estimate of drug-likeness (QED) is 0.0448. The molecule has 0 N–H and O–H groups in total. The van der Waals surface area contributed by atoms with Gasteiger partial charge >= 0.3 is 11.9 Å². The molecule has 6 heterocycles. The Labute approximate surface area is 455 Å². The highest BCUT2D eigenvalue weighted by Crippen LogP contribution is 2.36. The number of aryl methyl sites for hydroxylation is 2. The fourth-order valence-electron chi connectivity index (χ4n) is 11.2. The highest BCUT2D eigenvalue weighted by Gasteiger charge is 2.30. The van der Waals surface area contributed by atoms with Crippen LogP contribution in [0.25, 0.3) is 20.2 Å². The molecule has 2 atom stereocenters. The minimum absolute atomic E-state index is 0.0718. The molecular formula is C60H72N6O8S2. The molecule has 4 aliphatic rings. The van der Waals surface area contributed by atoms with Gasteiger partial charge in [0.1, 0.15) is 11.5 Å². The fourth-order valence-corrected chi connectivity index (χ4v) is 12.8. The van der Waals surface area contributed by atoms with E-state index in [4.69, 9.17) is 18.9 Å². The maximum Gasteiger partial charge on any atom is 0.310 e. The Bertz CT molecular complexity index is 2960. The summed E-state index contributed by atoms with van der Waals surface area (Å²) in [5.74, 6) is -0.467. The third-order valence-electron chi connectivity index (χ3n) is 15.5. The Hall–Kier alpha value is -6.20. The van der Waals surface area contributed by atoms with Crippen molar-refractivity contribution in [3.8, 4) is 11.5 Å². The number of hydrogen-bond acceptors (Lipinski definition) is 14. The number of benzene rings is 4. The number of nitrogens with zero attached hydrogens (tertiary/aromatic N) is 6. The van der Waals surface area contributed by atoms with Crippen molar-refractivity contribution in [3.05, 3.63) is 107 Å². The van der Waals surface area contributed by atoms with E-state index < -0.39 is 17.9 Å². The van der Waals surface area contributed by atoms with Crippen LogP contribution in [0, 0.1) is 11.8 Å². The van der Waals surface area contributed by atoms with Crippen molar-refractivity contribution in [3.63, 3.8) is 0 Å². The number of thiophene rings is 2. The first-order valence-corrected chi connectivity index (χ1v) is 29.2. The van der Waals surface area contributed by atoms with E-state index >= 15 is 0 Å². The second-order valence-electron chi connectivity index (χ2n) is 20.9. The van der Waals surface area contributed by atoms with Crippen molar-refractivity contribution in [2.75, 3.05) is 112 Å². The first-order chi connectivity index (χ1) is 37.1. The van der Waals surface area contributed by atoms with Crippen molar-refractivity contribution in [1.82, 2.24) is 9.80 Å². The summed E-state index contributed by atoms with van der Waals surface area (Å²) in [6, 6.07) is 29.3. The summed E-state index contributed by atoms with van der Waals surface area (Å²) >= 11 is 3.59. The van der Waals surface area contributed by atoms with Gasteiger partial charge in [-0.25, -0.2) is 0 Å². The lowest BCUT2D eigenvalue weighted by molar-refractivity contribution is -0.150. The molecule has 14 nitrogen and oxygen atoms in total. The Kier molecular flexibility index (Phi) is 17.7. The summed E-state index contributed by atoms with van der Waals surface area (Å²) in [4.78, 5) is 66.0. The van der Waals surface area contributed by atoms with Crippen molar-refractivity contribution >= 4 is 89.3 Å². The molecule has 0 aliphatic carbocycles. The molecule has 402 valence electrons. The van der Waals surface area contributed by atoms with E-state index in [-0.39, 0.29) is 37.6 Å². The van der Waals surface area contributed by atoms with Gasteiger partial charge in [0.2, 0.25) is 11.8 Å². The summed E-state index contributed by atoms with van der Waals surface area (Å²) in [5, 5.41) is 7.04. The maximum atomic E-state index is 13.3. The van der Waals surface area contributed by atoms with Crippen LogP contribution in [-0.4, -0.2) is 126 Å². The summed E-state index contributed by atoms with van der Waals surface area (Å²) < 4.78 is 26.5. The Balaban J connectivity index is 0.611. The second-order valence-corrected chi connectivity index (χ2v) is 22.8. The minimum atomic E-state index is -0.524. The van der Waals surface area contributed by atoms with Crippen molar-refractivity contribution < 1.29 is 38.1 Å². The monoisotopic (exact) mass is 1070 g/mol.